The number of phenols is 1. The molecule has 99 heavy (non-hydrogen) atoms. The van der Waals surface area contributed by atoms with E-state index in [1.807, 2.05) is 18.2 Å². The number of benzene rings is 4. The number of aromatic amines is 3. The molecule has 524 valence electrons. The molecule has 8 atom stereocenters. The molecule has 3 aromatic heterocycles. The fraction of sp³-hybridized carbons (Fsp3) is 0.414. The molecule has 0 radical (unpaired) electrons. The van der Waals surface area contributed by atoms with Gasteiger partial charge in [-0.15, -0.1) is 0 Å². The van der Waals surface area contributed by atoms with Gasteiger partial charge in [0.05, 0.1) is 24.1 Å². The zero-order valence-corrected chi connectivity index (χ0v) is 56.8. The van der Waals surface area contributed by atoms with Crippen LogP contribution in [-0.2, 0) is 85.1 Å². The highest BCUT2D eigenvalue weighted by atomic mass is 32.2. The minimum Gasteiger partial charge on any atom is -0.508 e. The van der Waals surface area contributed by atoms with Gasteiger partial charge in [-0.3, -0.25) is 52.8 Å². The van der Waals surface area contributed by atoms with E-state index in [2.05, 4.69) is 57.9 Å². The van der Waals surface area contributed by atoms with E-state index in [0.717, 1.165) is 16.0 Å². The number of nitrogens with zero attached hydrogens (tertiary/aromatic N) is 4. The van der Waals surface area contributed by atoms with Crippen LogP contribution in [0.25, 0.3) is 21.8 Å². The number of carbonyl (C=O) groups is 10. The maximum Gasteiger partial charge on any atom is 0.305 e. The molecule has 3 aliphatic heterocycles. The molecule has 2 bridgehead atoms. The first-order valence-electron chi connectivity index (χ1n) is 33.0. The third kappa shape index (κ3) is 17.6. The molecule has 0 unspecified atom stereocenters. The SMILES string of the molecule is C[C@H]1NC(=O)[C@H](CCCCN)NC(=O)CCSCc2cccc(c2)CSCCNC(=O)[C@]2(C)CCCN2C(=O)[C@H](Cc2ccc(O)cc2)N(C)C(=O)[C@H](Cc2c[nH]cn2)NC(=O)[C@H](CC(=O)O)NC(=O)[C@H](Cc2c[nH]c3ccc(F)cc23)NC(=O)[C@@H]2Cc3c[nH]c4cccc(c34)N2C1=O. The fourth-order valence-corrected chi connectivity index (χ4v) is 14.8. The Bertz CT molecular complexity index is 4110. The average molecular weight is 1400 g/mol. The van der Waals surface area contributed by atoms with Crippen LogP contribution in [0.15, 0.2) is 110 Å². The van der Waals surface area contributed by atoms with Gasteiger partial charge in [0.2, 0.25) is 53.2 Å². The summed E-state index contributed by atoms with van der Waals surface area (Å²) in [5.41, 5.74) is 9.66. The Morgan fingerprint density at radius 1 is 0.737 bits per heavy atom. The van der Waals surface area contributed by atoms with E-state index in [1.165, 1.54) is 72.8 Å². The average Bonchev–Trinajstić information content (AvgIpc) is 1.71. The Hall–Kier alpha value is -9.74. The predicted octanol–water partition coefficient (Wildman–Crippen LogP) is 4.15. The van der Waals surface area contributed by atoms with Crippen LogP contribution in [0.3, 0.4) is 0 Å². The normalized spacial score (nSPS) is 23.5. The van der Waals surface area contributed by atoms with E-state index in [9.17, 15) is 34.2 Å². The van der Waals surface area contributed by atoms with Crippen molar-refractivity contribution < 1.29 is 62.5 Å². The first-order valence-corrected chi connectivity index (χ1v) is 35.4. The molecule has 29 heteroatoms. The highest BCUT2D eigenvalue weighted by molar-refractivity contribution is 7.98. The molecule has 9 amide bonds. The Labute approximate surface area is 579 Å². The van der Waals surface area contributed by atoms with Crippen molar-refractivity contribution in [3.05, 3.63) is 149 Å². The zero-order chi connectivity index (χ0) is 70.5. The number of fused-ring (bicyclic) bond motifs is 6. The third-order valence-electron chi connectivity index (χ3n) is 18.4. The largest absolute Gasteiger partial charge is 0.508 e. The zero-order valence-electron chi connectivity index (χ0n) is 55.2. The van der Waals surface area contributed by atoms with Gasteiger partial charge in [-0.1, -0.05) is 42.5 Å². The Morgan fingerprint density at radius 2 is 1.44 bits per heavy atom. The van der Waals surface area contributed by atoms with Gasteiger partial charge < -0.3 is 72.6 Å². The van der Waals surface area contributed by atoms with E-state index in [4.69, 9.17) is 5.73 Å². The smallest absolute Gasteiger partial charge is 0.305 e. The van der Waals surface area contributed by atoms with Gasteiger partial charge >= 0.3 is 5.97 Å². The first-order chi connectivity index (χ1) is 47.6. The third-order valence-corrected chi connectivity index (χ3v) is 20.5. The van der Waals surface area contributed by atoms with Gasteiger partial charge in [0.1, 0.15) is 59.4 Å². The molecule has 1 saturated heterocycles. The number of phenolic OH excluding ortho intramolecular Hbond substituents is 1. The molecule has 6 heterocycles. The first kappa shape index (κ1) is 72.0. The van der Waals surface area contributed by atoms with Crippen molar-refractivity contribution in [2.45, 2.75) is 144 Å². The predicted molar refractivity (Wildman–Crippen MR) is 372 cm³/mol. The van der Waals surface area contributed by atoms with Gasteiger partial charge in [0.15, 0.2) is 0 Å². The highest BCUT2D eigenvalue weighted by Gasteiger charge is 2.49. The van der Waals surface area contributed by atoms with Crippen LogP contribution in [0, 0.1) is 5.82 Å². The summed E-state index contributed by atoms with van der Waals surface area (Å²) in [4.78, 5) is 164. The Morgan fingerprint density at radius 3 is 2.18 bits per heavy atom. The Kier molecular flexibility index (Phi) is 23.8. The molecule has 0 spiro atoms. The van der Waals surface area contributed by atoms with Crippen molar-refractivity contribution in [3.63, 3.8) is 0 Å². The number of nitrogens with two attached hydrogens (primary N) is 1. The number of hydrogen-bond acceptors (Lipinski definition) is 15. The number of carboxylic acids is 1. The lowest BCUT2D eigenvalue weighted by Gasteiger charge is -2.39. The summed E-state index contributed by atoms with van der Waals surface area (Å²) in [6.45, 7) is 3.88. The van der Waals surface area contributed by atoms with E-state index in [0.29, 0.717) is 93.7 Å². The van der Waals surface area contributed by atoms with Gasteiger partial charge in [-0.2, -0.15) is 23.5 Å². The van der Waals surface area contributed by atoms with Crippen molar-refractivity contribution in [3.8, 4) is 5.75 Å². The summed E-state index contributed by atoms with van der Waals surface area (Å²) >= 11 is 3.15. The number of H-pyrrole nitrogens is 3. The second kappa shape index (κ2) is 32.7. The number of rotatable bonds is 12. The van der Waals surface area contributed by atoms with Crippen LogP contribution in [0.1, 0.15) is 92.3 Å². The number of hydrogen-bond donors (Lipinski definition) is 12. The number of halogens is 1. The standard InChI is InChI=1S/C70H83FN14O12S2/c1-40-66(94)85-56-13-7-12-51-61(56)45(35-76-51)30-57(85)65(93)81-53(29-44-34-75-50-19-16-46(71)31-49(44)50)63(91)80-54(33-60(88)89)64(92)82-55(32-47-36-73-39-77-47)67(95)83(3)58(28-41-14-17-48(86)18-15-41)68(96)84-24-8-21-70(84,2)69(97)74-23-26-99-38-43-10-6-9-42(27-43)37-98-25-20-59(87)79-52(62(90)78-40)11-4-5-22-72/h6-7,9-10,12-19,27,31,34-36,39-40,52-55,57-58,75-76,86H,4-5,8,11,20-26,28-30,32-33,37-38,72H2,1-3H3,(H,73,77)(H,74,97)(H,78,90)(H,79,87)(H,80,91)(H,81,93)(H,82,92)(H,88,89)/t40-,52+,53+,54+,55+,57+,58+,70+/m1/s1. The van der Waals surface area contributed by atoms with E-state index >= 15 is 28.4 Å². The number of aliphatic carboxylic acids is 1. The number of carbonyl (C=O) groups excluding carboxylic acids is 9. The summed E-state index contributed by atoms with van der Waals surface area (Å²) in [6.07, 6.45) is 6.00. The molecule has 0 saturated carbocycles. The maximum absolute atomic E-state index is 15.4. The van der Waals surface area contributed by atoms with Crippen LogP contribution in [0.5, 0.6) is 5.75 Å². The minimum atomic E-state index is -1.97. The monoisotopic (exact) mass is 1390 g/mol. The molecule has 13 N–H and O–H groups in total. The molecule has 4 aromatic carbocycles. The van der Waals surface area contributed by atoms with E-state index in [1.54, 1.807) is 67.0 Å². The number of carboxylic acid groups (broad SMARTS) is 1. The molecule has 7 aromatic rings. The molecular formula is C70H83FN14O12S2. The van der Waals surface area contributed by atoms with Crippen molar-refractivity contribution in [2.24, 2.45) is 5.73 Å². The van der Waals surface area contributed by atoms with Crippen LogP contribution in [0.2, 0.25) is 0 Å². The van der Waals surface area contributed by atoms with Crippen molar-refractivity contribution in [1.29, 1.82) is 0 Å². The lowest BCUT2D eigenvalue weighted by atomic mass is 9.94. The summed E-state index contributed by atoms with van der Waals surface area (Å²) in [6, 6.07) is 12.6. The number of nitrogens with one attached hydrogen (secondary N) is 9. The molecular weight excluding hydrogens is 1310 g/mol. The number of likely N-dealkylation sites (N-methyl/N-ethyl adjacent to an activating group) is 1. The van der Waals surface area contributed by atoms with E-state index in [-0.39, 0.29) is 68.2 Å². The maximum atomic E-state index is 15.4. The lowest BCUT2D eigenvalue weighted by molar-refractivity contribution is -0.152. The quantitative estimate of drug-likeness (QED) is 0.0765. The number of thioether (sulfide) groups is 2. The van der Waals surface area contributed by atoms with Crippen LogP contribution in [0.4, 0.5) is 10.1 Å². The molecule has 3 aliphatic rings. The number of anilines is 1. The second-order valence-corrected chi connectivity index (χ2v) is 27.7. The summed E-state index contributed by atoms with van der Waals surface area (Å²) in [5, 5.41) is 38.2. The van der Waals surface area contributed by atoms with Gasteiger partial charge in [-0.25, -0.2) is 9.37 Å². The summed E-state index contributed by atoms with van der Waals surface area (Å²) < 4.78 is 15.0. The summed E-state index contributed by atoms with van der Waals surface area (Å²) in [7, 11) is 1.36. The molecule has 10 rings (SSSR count). The van der Waals surface area contributed by atoms with Crippen molar-refractivity contribution in [2.75, 3.05) is 43.1 Å². The Balaban J connectivity index is 0.994. The van der Waals surface area contributed by atoms with Crippen molar-refractivity contribution >= 4 is 110 Å². The molecule has 1 fully saturated rings. The fourth-order valence-electron chi connectivity index (χ4n) is 13.1. The van der Waals surface area contributed by atoms with Gasteiger partial charge in [-0.05, 0) is 123 Å². The number of imidazole rings is 1. The number of unbranched alkanes of at least 4 members (excludes halogenated alkanes) is 1. The number of amides is 9. The molecule has 26 nitrogen and oxygen atoms in total. The van der Waals surface area contributed by atoms with Crippen LogP contribution >= 0.6 is 23.5 Å². The number of aromatic nitrogens is 4. The van der Waals surface area contributed by atoms with Gasteiger partial charge in [0, 0.05) is 116 Å². The van der Waals surface area contributed by atoms with Crippen molar-refractivity contribution in [1.82, 2.24) is 61.6 Å². The number of aromatic hydroxyl groups is 1. The lowest BCUT2D eigenvalue weighted by Crippen LogP contribution is -2.63. The summed E-state index contributed by atoms with van der Waals surface area (Å²) in [5.74, 6) is -6.85. The van der Waals surface area contributed by atoms with Crippen LogP contribution < -0.4 is 42.5 Å². The molecule has 0 aliphatic carbocycles. The van der Waals surface area contributed by atoms with E-state index < -0.39 is 120 Å². The minimum absolute atomic E-state index is 0.0562. The topological polar surface area (TPSA) is 379 Å². The van der Waals surface area contributed by atoms with Gasteiger partial charge in [0.25, 0.3) is 0 Å². The highest BCUT2D eigenvalue weighted by Crippen LogP contribution is 2.38. The van der Waals surface area contributed by atoms with Crippen LogP contribution in [-0.4, -0.2) is 185 Å². The second-order valence-electron chi connectivity index (χ2n) is 25.5.